The van der Waals surface area contributed by atoms with Crippen molar-refractivity contribution >= 4 is 5.97 Å². The SMILES string of the molecule is CCCC(C(=O)O)C(Cc1ccc(-c2c(C)nn(C)c2C)cc1)c1nn[nH]n1. The zero-order valence-electron chi connectivity index (χ0n) is 16.7. The molecule has 28 heavy (non-hydrogen) atoms. The van der Waals surface area contributed by atoms with Crippen molar-refractivity contribution in [2.75, 3.05) is 0 Å². The van der Waals surface area contributed by atoms with E-state index < -0.39 is 11.9 Å². The van der Waals surface area contributed by atoms with Gasteiger partial charge in [-0.05, 0) is 37.8 Å². The molecule has 0 saturated heterocycles. The van der Waals surface area contributed by atoms with Crippen LogP contribution in [0.2, 0.25) is 0 Å². The minimum Gasteiger partial charge on any atom is -0.481 e. The van der Waals surface area contributed by atoms with Gasteiger partial charge in [-0.1, -0.05) is 42.8 Å². The Labute approximate surface area is 164 Å². The number of nitrogens with zero attached hydrogens (tertiary/aromatic N) is 5. The summed E-state index contributed by atoms with van der Waals surface area (Å²) < 4.78 is 1.88. The molecule has 148 valence electrons. The summed E-state index contributed by atoms with van der Waals surface area (Å²) in [6, 6.07) is 8.21. The van der Waals surface area contributed by atoms with Gasteiger partial charge in [0, 0.05) is 24.2 Å². The maximum absolute atomic E-state index is 11.8. The van der Waals surface area contributed by atoms with Crippen LogP contribution >= 0.6 is 0 Å². The average Bonchev–Trinajstić information content (AvgIpc) is 3.27. The highest BCUT2D eigenvalue weighted by Crippen LogP contribution is 2.31. The molecule has 2 N–H and O–H groups in total. The number of rotatable bonds is 8. The van der Waals surface area contributed by atoms with E-state index in [0.29, 0.717) is 18.7 Å². The monoisotopic (exact) mass is 382 g/mol. The van der Waals surface area contributed by atoms with E-state index in [9.17, 15) is 9.90 Å². The van der Waals surface area contributed by atoms with Gasteiger partial charge >= 0.3 is 5.97 Å². The molecule has 0 amide bonds. The molecule has 0 fully saturated rings. The summed E-state index contributed by atoms with van der Waals surface area (Å²) in [7, 11) is 1.94. The first kappa shape index (κ1) is 19.7. The molecular formula is C20H26N6O2. The van der Waals surface area contributed by atoms with Crippen LogP contribution in [-0.2, 0) is 18.3 Å². The molecule has 2 aromatic heterocycles. The molecule has 0 radical (unpaired) electrons. The standard InChI is InChI=1S/C20H26N6O2/c1-5-6-16(20(27)28)17(19-21-24-25-22-19)11-14-7-9-15(10-8-14)18-12(2)23-26(4)13(18)3/h7-10,16-17H,5-6,11H2,1-4H3,(H,27,28)(H,21,22,24,25). The maximum Gasteiger partial charge on any atom is 0.307 e. The summed E-state index contributed by atoms with van der Waals surface area (Å²) in [5.41, 5.74) is 5.39. The number of aliphatic carboxylic acids is 1. The molecule has 3 aromatic rings. The van der Waals surface area contributed by atoms with Crippen LogP contribution in [0.25, 0.3) is 11.1 Å². The molecular weight excluding hydrogens is 356 g/mol. The second-order valence-corrected chi connectivity index (χ2v) is 7.18. The fraction of sp³-hybridized carbons (Fsp3) is 0.450. The van der Waals surface area contributed by atoms with Crippen LogP contribution in [0, 0.1) is 19.8 Å². The smallest absolute Gasteiger partial charge is 0.307 e. The number of carboxylic acid groups (broad SMARTS) is 1. The van der Waals surface area contributed by atoms with Crippen LogP contribution < -0.4 is 0 Å². The number of hydrogen-bond acceptors (Lipinski definition) is 5. The number of carboxylic acids is 1. The number of aromatic nitrogens is 6. The summed E-state index contributed by atoms with van der Waals surface area (Å²) in [5, 5.41) is 28.4. The highest BCUT2D eigenvalue weighted by molar-refractivity contribution is 5.71. The molecule has 0 saturated carbocycles. The van der Waals surface area contributed by atoms with Gasteiger partial charge in [-0.15, -0.1) is 10.2 Å². The Kier molecular flexibility index (Phi) is 5.87. The van der Waals surface area contributed by atoms with Gasteiger partial charge in [0.05, 0.1) is 11.6 Å². The van der Waals surface area contributed by atoms with E-state index in [1.54, 1.807) is 0 Å². The second kappa shape index (κ2) is 8.33. The molecule has 0 aliphatic carbocycles. The Morgan fingerprint density at radius 1 is 1.25 bits per heavy atom. The molecule has 8 heteroatoms. The lowest BCUT2D eigenvalue weighted by atomic mass is 9.83. The van der Waals surface area contributed by atoms with Crippen LogP contribution in [0.4, 0.5) is 0 Å². The van der Waals surface area contributed by atoms with Gasteiger partial charge in [0.25, 0.3) is 0 Å². The van der Waals surface area contributed by atoms with Crippen LogP contribution in [-0.4, -0.2) is 41.5 Å². The molecule has 0 aliphatic heterocycles. The van der Waals surface area contributed by atoms with Gasteiger partial charge in [0.1, 0.15) is 0 Å². The maximum atomic E-state index is 11.8. The van der Waals surface area contributed by atoms with Crippen LogP contribution in [0.1, 0.15) is 48.5 Å². The third-order valence-electron chi connectivity index (χ3n) is 5.30. The fourth-order valence-electron chi connectivity index (χ4n) is 3.80. The number of aromatic amines is 1. The van der Waals surface area contributed by atoms with E-state index in [-0.39, 0.29) is 5.92 Å². The van der Waals surface area contributed by atoms with Crippen molar-refractivity contribution in [3.63, 3.8) is 0 Å². The van der Waals surface area contributed by atoms with Crippen molar-refractivity contribution < 1.29 is 9.90 Å². The Morgan fingerprint density at radius 2 is 1.96 bits per heavy atom. The first-order valence-electron chi connectivity index (χ1n) is 9.48. The number of hydrogen-bond donors (Lipinski definition) is 2. The van der Waals surface area contributed by atoms with E-state index in [2.05, 4.69) is 44.8 Å². The lowest BCUT2D eigenvalue weighted by molar-refractivity contribution is -0.142. The highest BCUT2D eigenvalue weighted by Gasteiger charge is 2.32. The molecule has 0 aliphatic rings. The van der Waals surface area contributed by atoms with Crippen LogP contribution in [0.15, 0.2) is 24.3 Å². The lowest BCUT2D eigenvalue weighted by Crippen LogP contribution is -2.25. The van der Waals surface area contributed by atoms with Gasteiger partial charge < -0.3 is 5.11 Å². The largest absolute Gasteiger partial charge is 0.481 e. The van der Waals surface area contributed by atoms with Gasteiger partial charge in [0.15, 0.2) is 5.82 Å². The zero-order chi connectivity index (χ0) is 20.3. The lowest BCUT2D eigenvalue weighted by Gasteiger charge is -2.21. The molecule has 8 nitrogen and oxygen atoms in total. The van der Waals surface area contributed by atoms with Gasteiger partial charge in [-0.25, -0.2) is 0 Å². The molecule has 3 rings (SSSR count). The molecule has 1 aromatic carbocycles. The fourth-order valence-corrected chi connectivity index (χ4v) is 3.80. The third kappa shape index (κ3) is 3.95. The average molecular weight is 382 g/mol. The van der Waals surface area contributed by atoms with Crippen molar-refractivity contribution in [3.8, 4) is 11.1 Å². The zero-order valence-corrected chi connectivity index (χ0v) is 16.7. The first-order chi connectivity index (χ1) is 13.4. The predicted molar refractivity (Wildman–Crippen MR) is 105 cm³/mol. The minimum absolute atomic E-state index is 0.330. The number of benzene rings is 1. The topological polar surface area (TPSA) is 110 Å². The molecule has 2 unspecified atom stereocenters. The number of H-pyrrole nitrogens is 1. The van der Waals surface area contributed by atoms with Crippen LogP contribution in [0.3, 0.4) is 0 Å². The first-order valence-corrected chi connectivity index (χ1v) is 9.48. The number of nitrogens with one attached hydrogen (secondary N) is 1. The molecule has 2 atom stereocenters. The highest BCUT2D eigenvalue weighted by atomic mass is 16.4. The Morgan fingerprint density at radius 3 is 2.46 bits per heavy atom. The number of carbonyl (C=O) groups is 1. The number of tetrazole rings is 1. The summed E-state index contributed by atoms with van der Waals surface area (Å²) >= 11 is 0. The van der Waals surface area contributed by atoms with E-state index >= 15 is 0 Å². The van der Waals surface area contributed by atoms with Crippen molar-refractivity contribution in [1.29, 1.82) is 0 Å². The van der Waals surface area contributed by atoms with Crippen LogP contribution in [0.5, 0.6) is 0 Å². The summed E-state index contributed by atoms with van der Waals surface area (Å²) in [6.07, 6.45) is 1.90. The normalized spacial score (nSPS) is 13.4. The minimum atomic E-state index is -0.824. The van der Waals surface area contributed by atoms with Crippen molar-refractivity contribution in [2.45, 2.75) is 46.0 Å². The second-order valence-electron chi connectivity index (χ2n) is 7.18. The predicted octanol–water partition coefficient (Wildman–Crippen LogP) is 3.04. The van der Waals surface area contributed by atoms with E-state index in [1.807, 2.05) is 37.7 Å². The summed E-state index contributed by atoms with van der Waals surface area (Å²) in [4.78, 5) is 11.8. The molecule has 2 heterocycles. The quantitative estimate of drug-likeness (QED) is 0.620. The Hall–Kier alpha value is -3.03. The molecule has 0 bridgehead atoms. The summed E-state index contributed by atoms with van der Waals surface area (Å²) in [6.45, 7) is 6.04. The van der Waals surface area contributed by atoms with Gasteiger partial charge in [-0.2, -0.15) is 10.3 Å². The van der Waals surface area contributed by atoms with E-state index in [1.165, 1.54) is 0 Å². The van der Waals surface area contributed by atoms with E-state index in [4.69, 9.17) is 0 Å². The summed E-state index contributed by atoms with van der Waals surface area (Å²) in [5.74, 6) is -1.26. The van der Waals surface area contributed by atoms with Crippen molar-refractivity contribution in [1.82, 2.24) is 30.4 Å². The molecule has 0 spiro atoms. The third-order valence-corrected chi connectivity index (χ3v) is 5.30. The Balaban J connectivity index is 1.88. The van der Waals surface area contributed by atoms with Crippen molar-refractivity contribution in [3.05, 3.63) is 47.0 Å². The van der Waals surface area contributed by atoms with E-state index in [0.717, 1.165) is 34.5 Å². The van der Waals surface area contributed by atoms with Crippen molar-refractivity contribution in [2.24, 2.45) is 13.0 Å². The van der Waals surface area contributed by atoms with Gasteiger partial charge in [-0.3, -0.25) is 9.48 Å². The number of aryl methyl sites for hydroxylation is 2. The van der Waals surface area contributed by atoms with Gasteiger partial charge in [0.2, 0.25) is 0 Å². The Bertz CT molecular complexity index is 931.